The van der Waals surface area contributed by atoms with Crippen molar-refractivity contribution in [1.82, 2.24) is 5.32 Å². The van der Waals surface area contributed by atoms with E-state index in [-0.39, 0.29) is 18.5 Å². The minimum atomic E-state index is -0.664. The van der Waals surface area contributed by atoms with Gasteiger partial charge in [-0.05, 0) is 44.9 Å². The molecule has 0 spiro atoms. The molecule has 6 heteroatoms. The second-order valence-electron chi connectivity index (χ2n) is 19.6. The number of rotatable bonds is 53. The summed E-state index contributed by atoms with van der Waals surface area (Å²) in [5, 5.41) is 23.3. The molecule has 1 amide bonds. The summed E-state index contributed by atoms with van der Waals surface area (Å²) in [6, 6.07) is -0.542. The van der Waals surface area contributed by atoms with Crippen LogP contribution in [0.15, 0.2) is 12.2 Å². The van der Waals surface area contributed by atoms with Crippen LogP contribution in [-0.2, 0) is 14.3 Å². The molecule has 2 unspecified atom stereocenters. The molecule has 0 radical (unpaired) electrons. The van der Waals surface area contributed by atoms with Crippen molar-refractivity contribution in [3.63, 3.8) is 0 Å². The maximum Gasteiger partial charge on any atom is 0.305 e. The first-order chi connectivity index (χ1) is 31.0. The van der Waals surface area contributed by atoms with E-state index in [1.807, 2.05) is 0 Å². The molecule has 63 heavy (non-hydrogen) atoms. The number of allylic oxidation sites excluding steroid dienone is 2. The Morgan fingerprint density at radius 3 is 1.17 bits per heavy atom. The molecule has 0 fully saturated rings. The predicted octanol–water partition coefficient (Wildman–Crippen LogP) is 17.3. The average Bonchev–Trinajstić information content (AvgIpc) is 3.28. The Labute approximate surface area is 393 Å². The van der Waals surface area contributed by atoms with Crippen molar-refractivity contribution >= 4 is 11.9 Å². The molecule has 374 valence electrons. The number of esters is 1. The van der Waals surface area contributed by atoms with Gasteiger partial charge in [-0.15, -0.1) is 0 Å². The highest BCUT2D eigenvalue weighted by Crippen LogP contribution is 2.18. The Bertz CT molecular complexity index is 939. The highest BCUT2D eigenvalue weighted by atomic mass is 16.5. The molecule has 0 rings (SSSR count). The van der Waals surface area contributed by atoms with Crippen LogP contribution in [0, 0.1) is 0 Å². The smallest absolute Gasteiger partial charge is 0.305 e. The normalized spacial score (nSPS) is 12.6. The lowest BCUT2D eigenvalue weighted by Gasteiger charge is -2.22. The van der Waals surface area contributed by atoms with Gasteiger partial charge in [-0.25, -0.2) is 0 Å². The zero-order valence-corrected chi connectivity index (χ0v) is 42.6. The fourth-order valence-electron chi connectivity index (χ4n) is 8.92. The summed E-state index contributed by atoms with van der Waals surface area (Å²) < 4.78 is 5.45. The van der Waals surface area contributed by atoms with E-state index < -0.39 is 12.1 Å². The van der Waals surface area contributed by atoms with Gasteiger partial charge in [0.15, 0.2) is 0 Å². The predicted molar refractivity (Wildman–Crippen MR) is 273 cm³/mol. The highest BCUT2D eigenvalue weighted by molar-refractivity contribution is 5.76. The number of aliphatic hydroxyl groups excluding tert-OH is 2. The van der Waals surface area contributed by atoms with Crippen LogP contribution in [-0.4, -0.2) is 47.4 Å². The van der Waals surface area contributed by atoms with E-state index in [0.717, 1.165) is 44.9 Å². The van der Waals surface area contributed by atoms with Gasteiger partial charge in [0.05, 0.1) is 25.4 Å². The number of hydrogen-bond donors (Lipinski definition) is 3. The van der Waals surface area contributed by atoms with Gasteiger partial charge in [0, 0.05) is 12.8 Å². The minimum absolute atomic E-state index is 0.0000989. The first kappa shape index (κ1) is 61.6. The van der Waals surface area contributed by atoms with E-state index in [9.17, 15) is 19.8 Å². The maximum absolute atomic E-state index is 12.5. The number of hydrogen-bond acceptors (Lipinski definition) is 5. The van der Waals surface area contributed by atoms with E-state index in [1.165, 1.54) is 238 Å². The van der Waals surface area contributed by atoms with Crippen LogP contribution in [0.2, 0.25) is 0 Å². The number of unbranched alkanes of at least 4 members (excludes halogenated alkanes) is 40. The topological polar surface area (TPSA) is 95.9 Å². The number of nitrogens with one attached hydrogen (secondary N) is 1. The van der Waals surface area contributed by atoms with Crippen molar-refractivity contribution in [2.45, 2.75) is 328 Å². The molecule has 0 aliphatic heterocycles. The Hall–Kier alpha value is -1.40. The van der Waals surface area contributed by atoms with Crippen molar-refractivity contribution in [3.05, 3.63) is 12.2 Å². The van der Waals surface area contributed by atoms with Crippen LogP contribution in [0.4, 0.5) is 0 Å². The first-order valence-corrected chi connectivity index (χ1v) is 28.4. The molecule has 0 aromatic carbocycles. The minimum Gasteiger partial charge on any atom is -0.466 e. The lowest BCUT2D eigenvalue weighted by Crippen LogP contribution is -2.45. The summed E-state index contributed by atoms with van der Waals surface area (Å²) in [5.74, 6) is -0.0352. The van der Waals surface area contributed by atoms with Crippen LogP contribution in [0.1, 0.15) is 316 Å². The molecule has 3 N–H and O–H groups in total. The Kier molecular flexibility index (Phi) is 52.0. The third-order valence-corrected chi connectivity index (χ3v) is 13.3. The van der Waals surface area contributed by atoms with Crippen LogP contribution in [0.25, 0.3) is 0 Å². The molecule has 0 aromatic rings. The van der Waals surface area contributed by atoms with Crippen LogP contribution >= 0.6 is 0 Å². The monoisotopic (exact) mass is 890 g/mol. The fraction of sp³-hybridized carbons (Fsp3) is 0.930. The Morgan fingerprint density at radius 2 is 0.762 bits per heavy atom. The molecule has 0 aliphatic carbocycles. The average molecular weight is 891 g/mol. The van der Waals surface area contributed by atoms with E-state index in [2.05, 4.69) is 31.3 Å². The van der Waals surface area contributed by atoms with E-state index in [0.29, 0.717) is 25.9 Å². The molecule has 0 bridgehead atoms. The van der Waals surface area contributed by atoms with Gasteiger partial charge >= 0.3 is 5.97 Å². The number of ether oxygens (including phenoxy) is 1. The van der Waals surface area contributed by atoms with Gasteiger partial charge in [-0.2, -0.15) is 0 Å². The van der Waals surface area contributed by atoms with E-state index in [4.69, 9.17) is 4.74 Å². The number of carbonyl (C=O) groups excluding carboxylic acids is 2. The number of amides is 1. The van der Waals surface area contributed by atoms with Crippen molar-refractivity contribution in [3.8, 4) is 0 Å². The highest BCUT2D eigenvalue weighted by Gasteiger charge is 2.20. The van der Waals surface area contributed by atoms with Crippen molar-refractivity contribution in [2.75, 3.05) is 13.2 Å². The first-order valence-electron chi connectivity index (χ1n) is 28.4. The summed E-state index contributed by atoms with van der Waals surface area (Å²) in [6.07, 6.45) is 62.0. The van der Waals surface area contributed by atoms with Crippen molar-refractivity contribution in [2.24, 2.45) is 0 Å². The molecule has 0 heterocycles. The zero-order chi connectivity index (χ0) is 45.8. The van der Waals surface area contributed by atoms with E-state index in [1.54, 1.807) is 0 Å². The van der Waals surface area contributed by atoms with Crippen molar-refractivity contribution < 1.29 is 24.5 Å². The van der Waals surface area contributed by atoms with E-state index >= 15 is 0 Å². The molecule has 0 saturated heterocycles. The summed E-state index contributed by atoms with van der Waals surface area (Å²) in [6.45, 7) is 4.92. The molecule has 0 aromatic heterocycles. The molecular weight excluding hydrogens is 779 g/mol. The van der Waals surface area contributed by atoms with Crippen molar-refractivity contribution in [1.29, 1.82) is 0 Å². The lowest BCUT2D eigenvalue weighted by atomic mass is 10.0. The summed E-state index contributed by atoms with van der Waals surface area (Å²) in [7, 11) is 0. The SMILES string of the molecule is CCCC/C=C\CCCCCCCC(=O)OCCCCCCCCCCCCCCCCCCCCCCC(=O)NC(CO)C(O)CCCCCCCCCCCCCCCCC. The Morgan fingerprint density at radius 1 is 0.429 bits per heavy atom. The Balaban J connectivity index is 3.39. The maximum atomic E-state index is 12.5. The number of carbonyl (C=O) groups is 2. The van der Waals surface area contributed by atoms with Gasteiger partial charge in [-0.1, -0.05) is 270 Å². The van der Waals surface area contributed by atoms with Crippen LogP contribution in [0.3, 0.4) is 0 Å². The second kappa shape index (κ2) is 53.2. The van der Waals surface area contributed by atoms with Gasteiger partial charge < -0.3 is 20.3 Å². The fourth-order valence-corrected chi connectivity index (χ4v) is 8.92. The van der Waals surface area contributed by atoms with Gasteiger partial charge in [0.1, 0.15) is 0 Å². The van der Waals surface area contributed by atoms with Crippen LogP contribution < -0.4 is 5.32 Å². The summed E-state index contributed by atoms with van der Waals surface area (Å²) in [4.78, 5) is 24.4. The zero-order valence-electron chi connectivity index (χ0n) is 42.6. The molecular formula is C57H111NO5. The third kappa shape index (κ3) is 49.9. The molecule has 0 aliphatic rings. The number of aliphatic hydroxyl groups is 2. The molecule has 2 atom stereocenters. The third-order valence-electron chi connectivity index (χ3n) is 13.3. The largest absolute Gasteiger partial charge is 0.466 e. The quantitative estimate of drug-likeness (QED) is 0.0321. The van der Waals surface area contributed by atoms with Crippen LogP contribution in [0.5, 0.6) is 0 Å². The van der Waals surface area contributed by atoms with Gasteiger partial charge in [-0.3, -0.25) is 9.59 Å². The lowest BCUT2D eigenvalue weighted by molar-refractivity contribution is -0.143. The molecule has 0 saturated carbocycles. The summed E-state index contributed by atoms with van der Waals surface area (Å²) >= 11 is 0. The van der Waals surface area contributed by atoms with Gasteiger partial charge in [0.2, 0.25) is 5.91 Å². The standard InChI is InChI=1S/C57H111NO5/c1-3-5-7-9-11-13-15-16-23-26-30-33-37-41-45-49-55(60)54(53-59)58-56(61)50-46-42-38-34-31-27-24-21-19-17-18-20-22-25-28-32-36-40-44-48-52-63-57(62)51-47-43-39-35-29-14-12-10-8-6-4-2/h10,12,54-55,59-60H,3-9,11,13-53H2,1-2H3,(H,58,61)/b12-10-. The summed E-state index contributed by atoms with van der Waals surface area (Å²) in [5.41, 5.74) is 0. The second-order valence-corrected chi connectivity index (χ2v) is 19.6. The van der Waals surface area contributed by atoms with Gasteiger partial charge in [0.25, 0.3) is 0 Å². The molecule has 6 nitrogen and oxygen atoms in total.